The highest BCUT2D eigenvalue weighted by Gasteiger charge is 2.48. The molecule has 280 valence electrons. The number of rotatable bonds is 6. The average Bonchev–Trinajstić information content (AvgIpc) is 3.86. The first kappa shape index (κ1) is 34.5. The summed E-state index contributed by atoms with van der Waals surface area (Å²) in [6, 6.07) is 76.2. The summed E-state index contributed by atoms with van der Waals surface area (Å²) >= 11 is 1.79. The Balaban J connectivity index is 1.19. The molecular weight excluding hydrogens is 747 g/mol. The Labute approximate surface area is 352 Å². The Bertz CT molecular complexity index is 3400. The zero-order valence-corrected chi connectivity index (χ0v) is 33.3. The van der Waals surface area contributed by atoms with Crippen molar-refractivity contribution in [2.24, 2.45) is 0 Å². The minimum atomic E-state index is -0.635. The molecule has 12 rings (SSSR count). The van der Waals surface area contributed by atoms with Crippen molar-refractivity contribution in [2.45, 2.75) is 5.41 Å². The molecule has 0 saturated carbocycles. The fourth-order valence-corrected chi connectivity index (χ4v) is 10.9. The van der Waals surface area contributed by atoms with E-state index in [2.05, 4.69) is 212 Å². The summed E-state index contributed by atoms with van der Waals surface area (Å²) < 4.78 is 2.41. The first-order chi connectivity index (χ1) is 29.8. The predicted octanol–water partition coefficient (Wildman–Crippen LogP) is 14.4. The van der Waals surface area contributed by atoms with Gasteiger partial charge >= 0.3 is 0 Å². The number of hydrogen-bond acceptors (Lipinski definition) is 4. The molecule has 3 nitrogen and oxygen atoms in total. The summed E-state index contributed by atoms with van der Waals surface area (Å²) in [5, 5.41) is 4.82. The van der Waals surface area contributed by atoms with E-state index in [1.807, 2.05) is 0 Å². The Morgan fingerprint density at radius 1 is 0.317 bits per heavy atom. The first-order valence-corrected chi connectivity index (χ1v) is 21.2. The topological polar surface area (TPSA) is 38.7 Å². The van der Waals surface area contributed by atoms with Gasteiger partial charge in [-0.2, -0.15) is 0 Å². The van der Waals surface area contributed by atoms with E-state index >= 15 is 0 Å². The quantitative estimate of drug-likeness (QED) is 0.169. The fraction of sp³-hybridized carbons (Fsp3) is 0.0179. The van der Waals surface area contributed by atoms with Gasteiger partial charge in [0, 0.05) is 36.9 Å². The second-order valence-corrected chi connectivity index (χ2v) is 16.5. The maximum absolute atomic E-state index is 5.56. The summed E-state index contributed by atoms with van der Waals surface area (Å²) in [7, 11) is 0. The number of aromatic nitrogens is 3. The number of benzene rings is 9. The molecule has 1 aliphatic rings. The molecule has 0 N–H and O–H groups in total. The van der Waals surface area contributed by atoms with Gasteiger partial charge in [0.05, 0.1) is 5.41 Å². The lowest BCUT2D eigenvalue weighted by Gasteiger charge is -2.35. The van der Waals surface area contributed by atoms with E-state index in [9.17, 15) is 0 Å². The standard InChI is InChI=1S/C56H35N3S/c1-3-20-37(21-4-1)56(38-22-5-2-6-23-38)49-34-13-11-26-42(49)44-30-16-32-47(51(44)56)54-57-53(46-28-10-9-25-41(46)40-29-15-19-36-18-7-8-24-39(36)40)58-55(59-54)48-33-17-31-45-43-27-12-14-35-50(43)60-52(45)48/h1-35H. The highest BCUT2D eigenvalue weighted by molar-refractivity contribution is 7.26. The first-order valence-electron chi connectivity index (χ1n) is 20.4. The third-order valence-electron chi connectivity index (χ3n) is 12.2. The Hall–Kier alpha value is -7.53. The van der Waals surface area contributed by atoms with Gasteiger partial charge in [-0.25, -0.2) is 15.0 Å². The van der Waals surface area contributed by atoms with Crippen LogP contribution in [0.1, 0.15) is 22.3 Å². The molecule has 2 heterocycles. The summed E-state index contributed by atoms with van der Waals surface area (Å²) in [5.41, 5.74) is 11.7. The van der Waals surface area contributed by atoms with E-state index in [4.69, 9.17) is 15.0 Å². The molecule has 60 heavy (non-hydrogen) atoms. The summed E-state index contributed by atoms with van der Waals surface area (Å²) in [6.45, 7) is 0. The number of fused-ring (bicyclic) bond motifs is 7. The molecule has 2 aromatic heterocycles. The Morgan fingerprint density at radius 3 is 1.58 bits per heavy atom. The van der Waals surface area contributed by atoms with Crippen LogP contribution in [-0.2, 0) is 5.41 Å². The molecule has 4 heteroatoms. The summed E-state index contributed by atoms with van der Waals surface area (Å²) in [4.78, 5) is 16.6. The third kappa shape index (κ3) is 5.18. The Kier molecular flexibility index (Phi) is 7.94. The van der Waals surface area contributed by atoms with Gasteiger partial charge in [0.25, 0.3) is 0 Å². The highest BCUT2D eigenvalue weighted by Crippen LogP contribution is 2.58. The minimum Gasteiger partial charge on any atom is -0.208 e. The van der Waals surface area contributed by atoms with E-state index in [1.165, 1.54) is 59.6 Å². The number of hydrogen-bond donors (Lipinski definition) is 0. The van der Waals surface area contributed by atoms with Crippen molar-refractivity contribution >= 4 is 42.3 Å². The molecule has 0 radical (unpaired) electrons. The van der Waals surface area contributed by atoms with Crippen molar-refractivity contribution in [2.75, 3.05) is 0 Å². The lowest BCUT2D eigenvalue weighted by atomic mass is 9.66. The van der Waals surface area contributed by atoms with Crippen LogP contribution in [0.2, 0.25) is 0 Å². The van der Waals surface area contributed by atoms with E-state index in [1.54, 1.807) is 11.3 Å². The van der Waals surface area contributed by atoms with Crippen molar-refractivity contribution in [3.63, 3.8) is 0 Å². The molecule has 11 aromatic rings. The molecule has 0 bridgehead atoms. The number of thiophene rings is 1. The molecular formula is C56H35N3S. The largest absolute Gasteiger partial charge is 0.208 e. The lowest BCUT2D eigenvalue weighted by molar-refractivity contribution is 0.769. The van der Waals surface area contributed by atoms with Gasteiger partial charge in [0.1, 0.15) is 0 Å². The molecule has 0 aliphatic heterocycles. The second-order valence-electron chi connectivity index (χ2n) is 15.4. The molecule has 0 spiro atoms. The van der Waals surface area contributed by atoms with Gasteiger partial charge < -0.3 is 0 Å². The molecule has 0 amide bonds. The van der Waals surface area contributed by atoms with Crippen molar-refractivity contribution in [1.29, 1.82) is 0 Å². The Morgan fingerprint density at radius 2 is 0.800 bits per heavy atom. The van der Waals surface area contributed by atoms with E-state index in [0.29, 0.717) is 17.5 Å². The van der Waals surface area contributed by atoms with Gasteiger partial charge in [-0.15, -0.1) is 11.3 Å². The molecule has 0 saturated heterocycles. The molecule has 0 atom stereocenters. The molecule has 0 fully saturated rings. The zero-order valence-electron chi connectivity index (χ0n) is 32.5. The van der Waals surface area contributed by atoms with Crippen molar-refractivity contribution in [3.05, 3.63) is 235 Å². The van der Waals surface area contributed by atoms with Crippen LogP contribution < -0.4 is 0 Å². The molecule has 9 aromatic carbocycles. The van der Waals surface area contributed by atoms with Crippen LogP contribution in [0.5, 0.6) is 0 Å². The van der Waals surface area contributed by atoms with Crippen LogP contribution in [0.4, 0.5) is 0 Å². The fourth-order valence-electron chi connectivity index (χ4n) is 9.72. The maximum Gasteiger partial charge on any atom is 0.165 e. The van der Waals surface area contributed by atoms with Crippen LogP contribution in [0.15, 0.2) is 212 Å². The summed E-state index contributed by atoms with van der Waals surface area (Å²) in [6.07, 6.45) is 0. The zero-order chi connectivity index (χ0) is 39.6. The molecule has 1 aliphatic carbocycles. The number of nitrogens with zero attached hydrogens (tertiary/aromatic N) is 3. The van der Waals surface area contributed by atoms with E-state index < -0.39 is 5.41 Å². The van der Waals surface area contributed by atoms with Gasteiger partial charge in [0.15, 0.2) is 17.5 Å². The normalized spacial score (nSPS) is 12.8. The SMILES string of the molecule is c1ccc(C2(c3ccccc3)c3ccccc3-c3cccc(-c4nc(-c5ccccc5-c5cccc6ccccc56)nc(-c5cccc6c5sc5ccccc56)n4)c32)cc1. The maximum atomic E-state index is 5.56. The van der Waals surface area contributed by atoms with Crippen molar-refractivity contribution in [3.8, 4) is 56.4 Å². The monoisotopic (exact) mass is 781 g/mol. The predicted molar refractivity (Wildman–Crippen MR) is 249 cm³/mol. The van der Waals surface area contributed by atoms with Gasteiger partial charge in [-0.1, -0.05) is 200 Å². The highest BCUT2D eigenvalue weighted by atomic mass is 32.1. The van der Waals surface area contributed by atoms with Crippen LogP contribution >= 0.6 is 11.3 Å². The second kappa shape index (κ2) is 13.8. The van der Waals surface area contributed by atoms with Crippen LogP contribution in [0.25, 0.3) is 87.4 Å². The van der Waals surface area contributed by atoms with Crippen molar-refractivity contribution in [1.82, 2.24) is 15.0 Å². The third-order valence-corrected chi connectivity index (χ3v) is 13.5. The van der Waals surface area contributed by atoms with E-state index in [0.717, 1.165) is 32.5 Å². The van der Waals surface area contributed by atoms with Crippen LogP contribution in [0, 0.1) is 0 Å². The summed E-state index contributed by atoms with van der Waals surface area (Å²) in [5.74, 6) is 1.93. The van der Waals surface area contributed by atoms with Gasteiger partial charge in [0.2, 0.25) is 0 Å². The molecule has 0 unspecified atom stereocenters. The smallest absolute Gasteiger partial charge is 0.165 e. The lowest BCUT2D eigenvalue weighted by Crippen LogP contribution is -2.29. The van der Waals surface area contributed by atoms with Crippen molar-refractivity contribution < 1.29 is 0 Å². The van der Waals surface area contributed by atoms with Gasteiger partial charge in [-0.05, 0) is 67.4 Å². The van der Waals surface area contributed by atoms with Crippen LogP contribution in [-0.4, -0.2) is 15.0 Å². The minimum absolute atomic E-state index is 0.634. The van der Waals surface area contributed by atoms with Gasteiger partial charge in [-0.3, -0.25) is 0 Å². The van der Waals surface area contributed by atoms with E-state index in [-0.39, 0.29) is 0 Å². The average molecular weight is 782 g/mol. The van der Waals surface area contributed by atoms with Crippen LogP contribution in [0.3, 0.4) is 0 Å².